The van der Waals surface area contributed by atoms with E-state index in [1.165, 1.54) is 4.88 Å². The van der Waals surface area contributed by atoms with E-state index in [4.69, 9.17) is 4.74 Å². The van der Waals surface area contributed by atoms with E-state index in [1.54, 1.807) is 11.3 Å². The van der Waals surface area contributed by atoms with Gasteiger partial charge in [0.2, 0.25) is 0 Å². The number of aryl methyl sites for hydroxylation is 2. The van der Waals surface area contributed by atoms with Crippen LogP contribution in [0.2, 0.25) is 0 Å². The van der Waals surface area contributed by atoms with E-state index in [9.17, 15) is 4.79 Å². The minimum atomic E-state index is -0.427. The molecule has 5 nitrogen and oxygen atoms in total. The van der Waals surface area contributed by atoms with Gasteiger partial charge in [0.25, 0.3) is 0 Å². The molecule has 0 spiro atoms. The van der Waals surface area contributed by atoms with E-state index in [0.717, 1.165) is 36.8 Å². The lowest BCUT2D eigenvalue weighted by molar-refractivity contribution is 0.0288. The van der Waals surface area contributed by atoms with Crippen molar-refractivity contribution in [1.29, 1.82) is 0 Å². The lowest BCUT2D eigenvalue weighted by Crippen LogP contribution is -2.36. The van der Waals surface area contributed by atoms with E-state index >= 15 is 0 Å². The lowest BCUT2D eigenvalue weighted by atomic mass is 10.1. The Balaban J connectivity index is 1.80. The van der Waals surface area contributed by atoms with Crippen LogP contribution in [0.4, 0.5) is 4.79 Å². The maximum Gasteiger partial charge on any atom is 0.410 e. The first-order valence-electron chi connectivity index (χ1n) is 8.31. The molecular weight excluding hydrogens is 310 g/mol. The van der Waals surface area contributed by atoms with E-state index in [0.29, 0.717) is 12.0 Å². The predicted octanol–water partition coefficient (Wildman–Crippen LogP) is 3.67. The average molecular weight is 340 g/mol. The molecule has 2 unspecified atom stereocenters. The van der Waals surface area contributed by atoms with Gasteiger partial charge in [0, 0.05) is 30.6 Å². The second-order valence-corrected chi connectivity index (χ2v) is 8.63. The van der Waals surface area contributed by atoms with Gasteiger partial charge in [-0.25, -0.2) is 9.78 Å². The summed E-state index contributed by atoms with van der Waals surface area (Å²) in [5.74, 6) is 0.485. The summed E-state index contributed by atoms with van der Waals surface area (Å²) in [4.78, 5) is 19.7. The highest BCUT2D eigenvalue weighted by Gasteiger charge is 2.29. The molecule has 23 heavy (non-hydrogen) atoms. The number of nitrogens with one attached hydrogen (secondary N) is 1. The van der Waals surface area contributed by atoms with Gasteiger partial charge in [-0.15, -0.1) is 11.3 Å². The van der Waals surface area contributed by atoms with Crippen molar-refractivity contribution >= 4 is 17.4 Å². The summed E-state index contributed by atoms with van der Waals surface area (Å²) >= 11 is 1.76. The Kier molecular flexibility index (Phi) is 5.68. The Bertz CT molecular complexity index is 551. The molecule has 130 valence electrons. The topological polar surface area (TPSA) is 54.5 Å². The van der Waals surface area contributed by atoms with Crippen LogP contribution in [-0.2, 0) is 4.74 Å². The van der Waals surface area contributed by atoms with Crippen LogP contribution >= 0.6 is 11.3 Å². The van der Waals surface area contributed by atoms with Crippen LogP contribution in [-0.4, -0.2) is 41.2 Å². The molecule has 1 aromatic rings. The average Bonchev–Trinajstić information content (AvgIpc) is 3.00. The Morgan fingerprint density at radius 2 is 2.17 bits per heavy atom. The Morgan fingerprint density at radius 3 is 2.74 bits per heavy atom. The molecule has 1 aliphatic rings. The van der Waals surface area contributed by atoms with Crippen molar-refractivity contribution in [3.8, 4) is 0 Å². The van der Waals surface area contributed by atoms with Crippen molar-refractivity contribution in [2.45, 2.75) is 59.6 Å². The zero-order valence-electron chi connectivity index (χ0n) is 15.1. The summed E-state index contributed by atoms with van der Waals surface area (Å²) in [5.41, 5.74) is 0.693. The number of amides is 1. The summed E-state index contributed by atoms with van der Waals surface area (Å²) in [6.07, 6.45) is 0.835. The van der Waals surface area contributed by atoms with E-state index < -0.39 is 5.60 Å². The van der Waals surface area contributed by atoms with Gasteiger partial charge in [0.05, 0.1) is 10.7 Å². The summed E-state index contributed by atoms with van der Waals surface area (Å²) in [6, 6.07) is 0.303. The maximum absolute atomic E-state index is 12.1. The predicted molar refractivity (Wildman–Crippen MR) is 93.9 cm³/mol. The third-order valence-electron chi connectivity index (χ3n) is 3.98. The highest BCUT2D eigenvalue weighted by molar-refractivity contribution is 7.11. The molecule has 1 aliphatic heterocycles. The number of likely N-dealkylation sites (tertiary alicyclic amines) is 1. The molecule has 6 heteroatoms. The number of ether oxygens (including phenoxy) is 1. The number of carbonyl (C=O) groups excluding carboxylic acids is 1. The SMILES string of the molecule is Cc1nc(C)c(C(C)NCC2CCN(C(=O)OC(C)(C)C)C2)s1. The molecule has 1 N–H and O–H groups in total. The van der Waals surface area contributed by atoms with Crippen LogP contribution in [0, 0.1) is 19.8 Å². The van der Waals surface area contributed by atoms with Crippen molar-refractivity contribution in [3.63, 3.8) is 0 Å². The fourth-order valence-electron chi connectivity index (χ4n) is 2.88. The molecule has 0 aromatic carbocycles. The molecule has 1 saturated heterocycles. The maximum atomic E-state index is 12.1. The fraction of sp³-hybridized carbons (Fsp3) is 0.765. The molecule has 2 rings (SSSR count). The lowest BCUT2D eigenvalue weighted by Gasteiger charge is -2.24. The Hall–Kier alpha value is -1.14. The number of aromatic nitrogens is 1. The Morgan fingerprint density at radius 1 is 1.48 bits per heavy atom. The quantitative estimate of drug-likeness (QED) is 0.909. The fourth-order valence-corrected chi connectivity index (χ4v) is 3.83. The van der Waals surface area contributed by atoms with Gasteiger partial charge >= 0.3 is 6.09 Å². The molecule has 1 fully saturated rings. The highest BCUT2D eigenvalue weighted by atomic mass is 32.1. The standard InChI is InChI=1S/C17H29N3O2S/c1-11(15-12(2)19-13(3)23-15)18-9-14-7-8-20(10-14)16(21)22-17(4,5)6/h11,14,18H,7-10H2,1-6H3. The Labute approximate surface area is 143 Å². The number of thiazole rings is 1. The molecule has 0 radical (unpaired) electrons. The zero-order chi connectivity index (χ0) is 17.2. The highest BCUT2D eigenvalue weighted by Crippen LogP contribution is 2.25. The van der Waals surface area contributed by atoms with E-state index in [2.05, 4.69) is 24.1 Å². The van der Waals surface area contributed by atoms with Crippen LogP contribution < -0.4 is 5.32 Å². The van der Waals surface area contributed by atoms with Crippen molar-refractivity contribution in [3.05, 3.63) is 15.6 Å². The molecule has 0 aliphatic carbocycles. The van der Waals surface area contributed by atoms with Gasteiger partial charge in [-0.1, -0.05) is 0 Å². The molecule has 0 bridgehead atoms. The molecule has 1 amide bonds. The van der Waals surface area contributed by atoms with Gasteiger partial charge in [0.15, 0.2) is 0 Å². The molecule has 1 aromatic heterocycles. The first kappa shape index (κ1) is 18.2. The van der Waals surface area contributed by atoms with Crippen LogP contribution in [0.15, 0.2) is 0 Å². The summed E-state index contributed by atoms with van der Waals surface area (Å²) < 4.78 is 5.44. The summed E-state index contributed by atoms with van der Waals surface area (Å²) in [7, 11) is 0. The first-order valence-corrected chi connectivity index (χ1v) is 9.12. The van der Waals surface area contributed by atoms with Crippen molar-refractivity contribution in [2.75, 3.05) is 19.6 Å². The summed E-state index contributed by atoms with van der Waals surface area (Å²) in [5, 5.41) is 4.71. The van der Waals surface area contributed by atoms with Crippen LogP contribution in [0.1, 0.15) is 55.7 Å². The van der Waals surface area contributed by atoms with E-state index in [-0.39, 0.29) is 6.09 Å². The van der Waals surface area contributed by atoms with Gasteiger partial charge in [-0.05, 0) is 53.9 Å². The zero-order valence-corrected chi connectivity index (χ0v) is 15.9. The van der Waals surface area contributed by atoms with Crippen molar-refractivity contribution in [2.24, 2.45) is 5.92 Å². The van der Waals surface area contributed by atoms with Crippen LogP contribution in [0.3, 0.4) is 0 Å². The second kappa shape index (κ2) is 7.18. The number of hydrogen-bond donors (Lipinski definition) is 1. The third kappa shape index (κ3) is 5.18. The normalized spacial score (nSPS) is 19.9. The second-order valence-electron chi connectivity index (χ2n) is 7.39. The van der Waals surface area contributed by atoms with Crippen LogP contribution in [0.25, 0.3) is 0 Å². The largest absolute Gasteiger partial charge is 0.444 e. The minimum absolute atomic E-state index is 0.193. The molecule has 2 heterocycles. The molecule has 0 saturated carbocycles. The van der Waals surface area contributed by atoms with Crippen LogP contribution in [0.5, 0.6) is 0 Å². The molecular formula is C17H29N3O2S. The summed E-state index contributed by atoms with van der Waals surface area (Å²) in [6.45, 7) is 14.5. The van der Waals surface area contributed by atoms with Gasteiger partial charge in [-0.2, -0.15) is 0 Å². The number of carbonyl (C=O) groups is 1. The van der Waals surface area contributed by atoms with Crippen molar-refractivity contribution < 1.29 is 9.53 Å². The number of nitrogens with zero attached hydrogens (tertiary/aromatic N) is 2. The first-order chi connectivity index (χ1) is 10.7. The van der Waals surface area contributed by atoms with Gasteiger partial charge in [0.1, 0.15) is 5.60 Å². The van der Waals surface area contributed by atoms with Crippen molar-refractivity contribution in [1.82, 2.24) is 15.2 Å². The monoisotopic (exact) mass is 339 g/mol. The van der Waals surface area contributed by atoms with Gasteiger partial charge in [-0.3, -0.25) is 0 Å². The van der Waals surface area contributed by atoms with Gasteiger partial charge < -0.3 is 15.0 Å². The number of hydrogen-bond acceptors (Lipinski definition) is 5. The van der Waals surface area contributed by atoms with E-state index in [1.807, 2.05) is 32.6 Å². The number of rotatable bonds is 4. The smallest absolute Gasteiger partial charge is 0.410 e. The third-order valence-corrected chi connectivity index (χ3v) is 5.24. The minimum Gasteiger partial charge on any atom is -0.444 e. The molecule has 2 atom stereocenters.